The maximum atomic E-state index is 13.2. The van der Waals surface area contributed by atoms with Crippen LogP contribution in [0.15, 0.2) is 24.3 Å². The lowest BCUT2D eigenvalue weighted by Crippen LogP contribution is -2.46. The first-order chi connectivity index (χ1) is 8.87. The molecule has 0 aliphatic carbocycles. The summed E-state index contributed by atoms with van der Waals surface area (Å²) in [5.41, 5.74) is 0.299. The van der Waals surface area contributed by atoms with Crippen molar-refractivity contribution in [3.05, 3.63) is 35.6 Å². The molecule has 4 nitrogen and oxygen atoms in total. The van der Waals surface area contributed by atoms with Gasteiger partial charge in [-0.15, -0.1) is 0 Å². The fraction of sp³-hybridized carbons (Fsp3) is 0.333. The van der Waals surface area contributed by atoms with Crippen LogP contribution in [0.2, 0.25) is 0 Å². The molecule has 0 fully saturated rings. The van der Waals surface area contributed by atoms with Crippen LogP contribution in [-0.4, -0.2) is 24.4 Å². The molecular weight excluding hydrogens is 263 g/mol. The van der Waals surface area contributed by atoms with Crippen LogP contribution in [0, 0.1) is 5.82 Å². The van der Waals surface area contributed by atoms with Gasteiger partial charge in [0, 0.05) is 6.54 Å². The van der Waals surface area contributed by atoms with Crippen LogP contribution in [0.4, 0.5) is 13.2 Å². The minimum Gasteiger partial charge on any atom is -0.461 e. The van der Waals surface area contributed by atoms with E-state index in [2.05, 4.69) is 4.74 Å². The molecule has 1 aromatic carbocycles. The van der Waals surface area contributed by atoms with Crippen LogP contribution >= 0.6 is 0 Å². The van der Waals surface area contributed by atoms with Gasteiger partial charge in [-0.3, -0.25) is 4.79 Å². The van der Waals surface area contributed by atoms with Crippen molar-refractivity contribution in [3.63, 3.8) is 0 Å². The predicted octanol–water partition coefficient (Wildman–Crippen LogP) is 1.64. The Morgan fingerprint density at radius 1 is 1.37 bits per heavy atom. The topological polar surface area (TPSA) is 55.4 Å². The van der Waals surface area contributed by atoms with Crippen molar-refractivity contribution in [1.29, 1.82) is 0 Å². The first kappa shape index (κ1) is 15.0. The second-order valence-electron chi connectivity index (χ2n) is 3.61. The number of nitrogens with one attached hydrogen (secondary N) is 1. The molecule has 0 unspecified atom stereocenters. The summed E-state index contributed by atoms with van der Waals surface area (Å²) in [6, 6.07) is 5.09. The molecule has 0 atom stereocenters. The van der Waals surface area contributed by atoms with Gasteiger partial charge in [-0.05, 0) is 24.6 Å². The summed E-state index contributed by atoms with van der Waals surface area (Å²) in [4.78, 5) is 22.1. The van der Waals surface area contributed by atoms with Gasteiger partial charge >= 0.3 is 17.8 Å². The highest BCUT2D eigenvalue weighted by atomic mass is 19.3. The van der Waals surface area contributed by atoms with E-state index in [1.165, 1.54) is 25.1 Å². The number of carbonyl (C=O) groups excluding carboxylic acids is 2. The number of alkyl halides is 2. The molecule has 0 heterocycles. The fourth-order valence-electron chi connectivity index (χ4n) is 1.25. The Balaban J connectivity index is 2.62. The quantitative estimate of drug-likeness (QED) is 0.656. The molecule has 0 radical (unpaired) electrons. The van der Waals surface area contributed by atoms with E-state index in [1.54, 1.807) is 0 Å². The summed E-state index contributed by atoms with van der Waals surface area (Å²) >= 11 is 0. The molecule has 7 heteroatoms. The minimum atomic E-state index is -4.26. The van der Waals surface area contributed by atoms with Gasteiger partial charge in [0.25, 0.3) is 0 Å². The molecule has 0 aliphatic rings. The van der Waals surface area contributed by atoms with E-state index in [-0.39, 0.29) is 13.2 Å². The molecule has 0 aromatic heterocycles. The molecule has 0 aliphatic heterocycles. The Hall–Kier alpha value is -2.05. The number of ether oxygens (including phenoxy) is 1. The monoisotopic (exact) mass is 275 g/mol. The maximum Gasteiger partial charge on any atom is 0.418 e. The van der Waals surface area contributed by atoms with E-state index < -0.39 is 23.6 Å². The minimum absolute atomic E-state index is 0.258. The van der Waals surface area contributed by atoms with Crippen molar-refractivity contribution in [3.8, 4) is 0 Å². The van der Waals surface area contributed by atoms with Gasteiger partial charge in [-0.2, -0.15) is 8.78 Å². The van der Waals surface area contributed by atoms with Crippen molar-refractivity contribution < 1.29 is 27.5 Å². The highest BCUT2D eigenvalue weighted by Gasteiger charge is 2.48. The lowest BCUT2D eigenvalue weighted by molar-refractivity contribution is -0.177. The third-order valence-corrected chi connectivity index (χ3v) is 2.16. The van der Waals surface area contributed by atoms with E-state index >= 15 is 0 Å². The lowest BCUT2D eigenvalue weighted by Gasteiger charge is -2.14. The van der Waals surface area contributed by atoms with Crippen LogP contribution in [0.5, 0.6) is 0 Å². The van der Waals surface area contributed by atoms with Crippen molar-refractivity contribution in [1.82, 2.24) is 5.32 Å². The molecular formula is C12H12F3NO3. The van der Waals surface area contributed by atoms with Crippen molar-refractivity contribution >= 4 is 11.9 Å². The summed E-state index contributed by atoms with van der Waals surface area (Å²) in [6.07, 6.45) is 0. The van der Waals surface area contributed by atoms with E-state index in [4.69, 9.17) is 0 Å². The zero-order valence-corrected chi connectivity index (χ0v) is 10.1. The molecule has 0 saturated carbocycles. The first-order valence-electron chi connectivity index (χ1n) is 5.45. The van der Waals surface area contributed by atoms with Gasteiger partial charge in [0.05, 0.1) is 6.61 Å². The standard InChI is InChI=1S/C12H12F3NO3/c1-2-19-11(18)12(14,15)10(17)16-7-8-4-3-5-9(13)6-8/h3-6H,2,7H2,1H3,(H,16,17). The van der Waals surface area contributed by atoms with Crippen LogP contribution in [-0.2, 0) is 20.9 Å². The number of esters is 1. The third kappa shape index (κ3) is 3.97. The Morgan fingerprint density at radius 2 is 2.05 bits per heavy atom. The fourth-order valence-corrected chi connectivity index (χ4v) is 1.25. The highest BCUT2D eigenvalue weighted by molar-refractivity contribution is 6.04. The smallest absolute Gasteiger partial charge is 0.418 e. The van der Waals surface area contributed by atoms with Crippen LogP contribution in [0.25, 0.3) is 0 Å². The summed E-state index contributed by atoms with van der Waals surface area (Å²) in [6.45, 7) is 0.774. The molecule has 1 rings (SSSR count). The van der Waals surface area contributed by atoms with Gasteiger partial charge in [-0.25, -0.2) is 9.18 Å². The number of halogens is 3. The second-order valence-corrected chi connectivity index (χ2v) is 3.61. The van der Waals surface area contributed by atoms with Crippen molar-refractivity contribution in [2.24, 2.45) is 0 Å². The summed E-state index contributed by atoms with van der Waals surface area (Å²) in [5, 5.41) is 1.85. The van der Waals surface area contributed by atoms with Gasteiger partial charge in [0.2, 0.25) is 0 Å². The first-order valence-corrected chi connectivity index (χ1v) is 5.45. The molecule has 0 bridgehead atoms. The van der Waals surface area contributed by atoms with E-state index in [0.29, 0.717) is 5.56 Å². The lowest BCUT2D eigenvalue weighted by atomic mass is 10.2. The van der Waals surface area contributed by atoms with Crippen molar-refractivity contribution in [2.45, 2.75) is 19.4 Å². The van der Waals surface area contributed by atoms with E-state index in [9.17, 15) is 22.8 Å². The Bertz CT molecular complexity index is 477. The summed E-state index contributed by atoms with van der Waals surface area (Å²) in [7, 11) is 0. The molecule has 19 heavy (non-hydrogen) atoms. The van der Waals surface area contributed by atoms with Crippen molar-refractivity contribution in [2.75, 3.05) is 6.61 Å². The zero-order valence-electron chi connectivity index (χ0n) is 10.1. The maximum absolute atomic E-state index is 13.2. The number of hydrogen-bond donors (Lipinski definition) is 1. The van der Waals surface area contributed by atoms with Gasteiger partial charge in [0.15, 0.2) is 0 Å². The molecule has 1 aromatic rings. The molecule has 104 valence electrons. The van der Waals surface area contributed by atoms with E-state index in [1.807, 2.05) is 5.32 Å². The van der Waals surface area contributed by atoms with Gasteiger partial charge < -0.3 is 10.1 Å². The van der Waals surface area contributed by atoms with Gasteiger partial charge in [-0.1, -0.05) is 12.1 Å². The second kappa shape index (κ2) is 6.21. The zero-order chi connectivity index (χ0) is 14.5. The Kier molecular flexibility index (Phi) is 4.91. The number of rotatable bonds is 5. The number of benzene rings is 1. The average Bonchev–Trinajstić information content (AvgIpc) is 2.36. The molecule has 0 spiro atoms. The SMILES string of the molecule is CCOC(=O)C(F)(F)C(=O)NCc1cccc(F)c1. The number of hydrogen-bond acceptors (Lipinski definition) is 3. The van der Waals surface area contributed by atoms with Crippen LogP contribution < -0.4 is 5.32 Å². The Labute approximate surface area is 107 Å². The van der Waals surface area contributed by atoms with Crippen LogP contribution in [0.1, 0.15) is 12.5 Å². The Morgan fingerprint density at radius 3 is 2.63 bits per heavy atom. The predicted molar refractivity (Wildman–Crippen MR) is 59.8 cm³/mol. The van der Waals surface area contributed by atoms with Crippen LogP contribution in [0.3, 0.4) is 0 Å². The number of amides is 1. The van der Waals surface area contributed by atoms with Gasteiger partial charge in [0.1, 0.15) is 5.82 Å². The summed E-state index contributed by atoms with van der Waals surface area (Å²) in [5.74, 6) is -8.51. The number of carbonyl (C=O) groups is 2. The molecule has 0 saturated heterocycles. The third-order valence-electron chi connectivity index (χ3n) is 2.16. The molecule has 1 N–H and O–H groups in total. The highest BCUT2D eigenvalue weighted by Crippen LogP contribution is 2.16. The van der Waals surface area contributed by atoms with E-state index in [0.717, 1.165) is 6.07 Å². The average molecular weight is 275 g/mol. The normalized spacial score (nSPS) is 10.9. The largest absolute Gasteiger partial charge is 0.461 e. The molecule has 1 amide bonds. The summed E-state index contributed by atoms with van der Waals surface area (Å²) < 4.78 is 43.3.